The lowest BCUT2D eigenvalue weighted by Gasteiger charge is -2.32. The Balaban J connectivity index is 1.37. The minimum Gasteiger partial charge on any atom is -0.342 e. The van der Waals surface area contributed by atoms with E-state index in [1.165, 1.54) is 0 Å². The molecule has 0 N–H and O–H groups in total. The fourth-order valence-corrected chi connectivity index (χ4v) is 4.87. The molecule has 170 valence electrons. The predicted molar refractivity (Wildman–Crippen MR) is 129 cm³/mol. The van der Waals surface area contributed by atoms with Crippen molar-refractivity contribution in [3.05, 3.63) is 77.5 Å². The Bertz CT molecular complexity index is 1160. The molecule has 33 heavy (non-hydrogen) atoms. The summed E-state index contributed by atoms with van der Waals surface area (Å²) in [5, 5.41) is 0.903. The van der Waals surface area contributed by atoms with E-state index in [1.54, 1.807) is 0 Å². The van der Waals surface area contributed by atoms with Crippen molar-refractivity contribution >= 4 is 22.7 Å². The number of carbonyl (C=O) groups excluding carboxylic acids is 2. The molecule has 1 atom stereocenters. The molecule has 2 aliphatic rings. The van der Waals surface area contributed by atoms with Gasteiger partial charge in [-0.3, -0.25) is 14.6 Å². The molecule has 0 unspecified atom stereocenters. The zero-order valence-corrected chi connectivity index (χ0v) is 19.1. The summed E-state index contributed by atoms with van der Waals surface area (Å²) < 4.78 is 0. The highest BCUT2D eigenvalue weighted by atomic mass is 16.2. The van der Waals surface area contributed by atoms with Crippen LogP contribution in [0, 0.1) is 0 Å². The Labute approximate surface area is 194 Å². The molecule has 6 heteroatoms. The first kappa shape index (κ1) is 21.6. The van der Waals surface area contributed by atoms with Crippen molar-refractivity contribution in [1.29, 1.82) is 0 Å². The summed E-state index contributed by atoms with van der Waals surface area (Å²) in [5.74, 6) is 0.379. The van der Waals surface area contributed by atoms with Gasteiger partial charge in [0.1, 0.15) is 0 Å². The number of carbonyl (C=O) groups is 2. The van der Waals surface area contributed by atoms with E-state index in [0.717, 1.165) is 66.9 Å². The molecule has 2 aromatic carbocycles. The highest BCUT2D eigenvalue weighted by molar-refractivity contribution is 6.06. The minimum atomic E-state index is 0.0814. The molecule has 0 bridgehead atoms. The van der Waals surface area contributed by atoms with Gasteiger partial charge in [0.25, 0.3) is 5.91 Å². The second-order valence-corrected chi connectivity index (χ2v) is 9.20. The van der Waals surface area contributed by atoms with Crippen LogP contribution in [0.4, 0.5) is 0 Å². The van der Waals surface area contributed by atoms with Gasteiger partial charge >= 0.3 is 0 Å². The highest BCUT2D eigenvalue weighted by Gasteiger charge is 2.30. The number of hydrogen-bond acceptors (Lipinski definition) is 4. The Morgan fingerprint density at radius 2 is 1.64 bits per heavy atom. The van der Waals surface area contributed by atoms with Crippen LogP contribution in [0.25, 0.3) is 10.9 Å². The molecule has 3 heterocycles. The maximum absolute atomic E-state index is 13.5. The highest BCUT2D eigenvalue weighted by Crippen LogP contribution is 2.30. The van der Waals surface area contributed by atoms with Crippen molar-refractivity contribution in [3.8, 4) is 0 Å². The lowest BCUT2D eigenvalue weighted by Crippen LogP contribution is -2.47. The summed E-state index contributed by atoms with van der Waals surface area (Å²) in [6.07, 6.45) is 1.29. The van der Waals surface area contributed by atoms with Crippen LogP contribution in [0.5, 0.6) is 0 Å². The Morgan fingerprint density at radius 3 is 2.42 bits per heavy atom. The zero-order valence-electron chi connectivity index (χ0n) is 19.1. The van der Waals surface area contributed by atoms with E-state index in [0.29, 0.717) is 13.0 Å². The summed E-state index contributed by atoms with van der Waals surface area (Å²) in [5.41, 5.74) is 3.53. The number of para-hydroxylation sites is 1. The van der Waals surface area contributed by atoms with Gasteiger partial charge in [-0.05, 0) is 31.2 Å². The molecular weight excluding hydrogens is 412 g/mol. The monoisotopic (exact) mass is 442 g/mol. The number of amides is 2. The number of piperazine rings is 1. The molecule has 2 fully saturated rings. The number of hydrogen-bond donors (Lipinski definition) is 0. The van der Waals surface area contributed by atoms with Crippen LogP contribution in [-0.4, -0.2) is 77.8 Å². The summed E-state index contributed by atoms with van der Waals surface area (Å²) in [6, 6.07) is 19.8. The van der Waals surface area contributed by atoms with Gasteiger partial charge in [0.05, 0.1) is 17.5 Å². The number of nitrogens with zero attached hydrogens (tertiary/aromatic N) is 4. The number of aromatic nitrogens is 1. The fourth-order valence-electron chi connectivity index (χ4n) is 4.87. The molecule has 0 aliphatic carbocycles. The van der Waals surface area contributed by atoms with E-state index >= 15 is 0 Å². The maximum atomic E-state index is 13.5. The van der Waals surface area contributed by atoms with Crippen LogP contribution in [0.2, 0.25) is 0 Å². The van der Waals surface area contributed by atoms with Crippen LogP contribution >= 0.6 is 0 Å². The van der Waals surface area contributed by atoms with Gasteiger partial charge in [0.2, 0.25) is 5.91 Å². The number of fused-ring (bicyclic) bond motifs is 1. The number of benzene rings is 2. The number of pyridine rings is 1. The normalized spacial score (nSPS) is 19.2. The Morgan fingerprint density at radius 1 is 0.909 bits per heavy atom. The zero-order chi connectivity index (χ0) is 22.8. The lowest BCUT2D eigenvalue weighted by atomic mass is 9.98. The van der Waals surface area contributed by atoms with Crippen molar-refractivity contribution in [1.82, 2.24) is 19.7 Å². The second kappa shape index (κ2) is 9.32. The fraction of sp³-hybridized carbons (Fsp3) is 0.370. The van der Waals surface area contributed by atoms with Crippen LogP contribution in [0.1, 0.15) is 34.0 Å². The van der Waals surface area contributed by atoms with Crippen molar-refractivity contribution < 1.29 is 9.59 Å². The van der Waals surface area contributed by atoms with E-state index in [1.807, 2.05) is 70.5 Å². The van der Waals surface area contributed by atoms with Gasteiger partial charge in [0.15, 0.2) is 0 Å². The molecular formula is C27H30N4O2. The van der Waals surface area contributed by atoms with E-state index in [-0.39, 0.29) is 17.7 Å². The third kappa shape index (κ3) is 4.62. The van der Waals surface area contributed by atoms with Gasteiger partial charge in [-0.25, -0.2) is 0 Å². The molecule has 0 saturated carbocycles. The topological polar surface area (TPSA) is 56.8 Å². The molecule has 1 aromatic heterocycles. The summed E-state index contributed by atoms with van der Waals surface area (Å²) in [6.45, 7) is 4.65. The van der Waals surface area contributed by atoms with Crippen LogP contribution in [0.3, 0.4) is 0 Å². The van der Waals surface area contributed by atoms with Gasteiger partial charge in [-0.2, -0.15) is 0 Å². The van der Waals surface area contributed by atoms with Gasteiger partial charge < -0.3 is 14.7 Å². The standard InChI is InChI=1S/C27H30N4O2/c1-29-13-15-30(16-14-29)27(33)23-18-25(28-24-10-6-5-9-22(23)24)21-11-12-31(19-21)26(32)17-20-7-3-2-4-8-20/h2-10,18,21H,11-17,19H2,1H3/t21-/m1/s1. The molecule has 0 radical (unpaired) electrons. The minimum absolute atomic E-state index is 0.0814. The quantitative estimate of drug-likeness (QED) is 0.623. The molecule has 2 amide bonds. The molecule has 6 nitrogen and oxygen atoms in total. The van der Waals surface area contributed by atoms with Crippen molar-refractivity contribution in [2.75, 3.05) is 46.3 Å². The van der Waals surface area contributed by atoms with E-state index in [9.17, 15) is 9.59 Å². The van der Waals surface area contributed by atoms with Crippen molar-refractivity contribution in [2.45, 2.75) is 18.8 Å². The molecule has 5 rings (SSSR count). The van der Waals surface area contributed by atoms with Gasteiger partial charge in [-0.1, -0.05) is 48.5 Å². The van der Waals surface area contributed by atoms with Gasteiger partial charge in [-0.15, -0.1) is 0 Å². The average molecular weight is 443 g/mol. The number of likely N-dealkylation sites (N-methyl/N-ethyl adjacent to an activating group) is 1. The molecule has 3 aromatic rings. The van der Waals surface area contributed by atoms with E-state index in [2.05, 4.69) is 11.9 Å². The first-order valence-electron chi connectivity index (χ1n) is 11.8. The number of rotatable bonds is 4. The second-order valence-electron chi connectivity index (χ2n) is 9.20. The van der Waals surface area contributed by atoms with Crippen molar-refractivity contribution in [3.63, 3.8) is 0 Å². The van der Waals surface area contributed by atoms with Crippen molar-refractivity contribution in [2.24, 2.45) is 0 Å². The van der Waals surface area contributed by atoms with Gasteiger partial charge in [0, 0.05) is 56.3 Å². The maximum Gasteiger partial charge on any atom is 0.254 e. The third-order valence-corrected chi connectivity index (χ3v) is 6.91. The van der Waals surface area contributed by atoms with Crippen LogP contribution in [0.15, 0.2) is 60.7 Å². The summed E-state index contributed by atoms with van der Waals surface area (Å²) >= 11 is 0. The molecule has 2 aliphatic heterocycles. The SMILES string of the molecule is CN1CCN(C(=O)c2cc([C@@H]3CCN(C(=O)Cc4ccccc4)C3)nc3ccccc23)CC1. The predicted octanol–water partition coefficient (Wildman–Crippen LogP) is 3.18. The summed E-state index contributed by atoms with van der Waals surface area (Å²) in [7, 11) is 2.09. The first-order valence-corrected chi connectivity index (χ1v) is 11.8. The average Bonchev–Trinajstić information content (AvgIpc) is 3.35. The Kier molecular flexibility index (Phi) is 6.09. The largest absolute Gasteiger partial charge is 0.342 e. The van der Waals surface area contributed by atoms with Crippen LogP contribution in [-0.2, 0) is 11.2 Å². The lowest BCUT2D eigenvalue weighted by molar-refractivity contribution is -0.129. The van der Waals surface area contributed by atoms with E-state index in [4.69, 9.17) is 4.98 Å². The van der Waals surface area contributed by atoms with Crippen LogP contribution < -0.4 is 0 Å². The molecule has 0 spiro atoms. The smallest absolute Gasteiger partial charge is 0.254 e. The number of likely N-dealkylation sites (tertiary alicyclic amines) is 1. The summed E-state index contributed by atoms with van der Waals surface area (Å²) in [4.78, 5) is 37.4. The first-order chi connectivity index (χ1) is 16.1. The third-order valence-electron chi connectivity index (χ3n) is 6.91. The Hall–Kier alpha value is -3.25. The molecule has 2 saturated heterocycles. The van der Waals surface area contributed by atoms with E-state index < -0.39 is 0 Å².